The lowest BCUT2D eigenvalue weighted by Crippen LogP contribution is -2.36. The number of phenolic OH excluding ortho intramolecular Hbond substituents is 1. The van der Waals surface area contributed by atoms with Crippen molar-refractivity contribution in [1.29, 1.82) is 0 Å². The van der Waals surface area contributed by atoms with Crippen LogP contribution in [0.15, 0.2) is 47.5 Å². The van der Waals surface area contributed by atoms with E-state index in [4.69, 9.17) is 16.3 Å². The number of ether oxygens (including phenoxy) is 1. The topological polar surface area (TPSA) is 65.9 Å². The van der Waals surface area contributed by atoms with Gasteiger partial charge in [-0.05, 0) is 36.8 Å². The maximum absolute atomic E-state index is 9.93. The lowest BCUT2D eigenvalue weighted by Gasteiger charge is -2.12. The van der Waals surface area contributed by atoms with E-state index >= 15 is 0 Å². The zero-order chi connectivity index (χ0) is 17.4. The molecule has 0 spiro atoms. The number of aromatic hydroxyl groups is 1. The minimum atomic E-state index is 0. The minimum Gasteiger partial charge on any atom is -0.508 e. The smallest absolute Gasteiger partial charge is 0.191 e. The highest BCUT2D eigenvalue weighted by atomic mass is 127. The van der Waals surface area contributed by atoms with Gasteiger partial charge in [-0.15, -0.1) is 24.0 Å². The molecule has 0 heterocycles. The maximum atomic E-state index is 9.93. The molecule has 0 saturated heterocycles. The van der Waals surface area contributed by atoms with Crippen molar-refractivity contribution >= 4 is 41.5 Å². The van der Waals surface area contributed by atoms with Gasteiger partial charge in [0.2, 0.25) is 0 Å². The van der Waals surface area contributed by atoms with Crippen LogP contribution < -0.4 is 15.4 Å². The highest BCUT2D eigenvalue weighted by Gasteiger charge is 2.05. The zero-order valence-electron chi connectivity index (χ0n) is 14.3. The third-order valence-electron chi connectivity index (χ3n) is 3.44. The van der Waals surface area contributed by atoms with Crippen LogP contribution in [0.5, 0.6) is 11.5 Å². The standard InChI is InChI=1S/C18H22ClN3O2.HI/c1-3-20-18(21-11-13-6-4-5-7-16(13)19)22-12-14-10-15(24-2)8-9-17(14)23;/h4-10,23H,3,11-12H2,1-2H3,(H2,20,21,22);1H. The van der Waals surface area contributed by atoms with Crippen molar-refractivity contribution in [2.24, 2.45) is 4.99 Å². The maximum Gasteiger partial charge on any atom is 0.191 e. The Labute approximate surface area is 170 Å². The molecule has 2 aromatic carbocycles. The fraction of sp³-hybridized carbons (Fsp3) is 0.278. The lowest BCUT2D eigenvalue weighted by molar-refractivity contribution is 0.411. The highest BCUT2D eigenvalue weighted by Crippen LogP contribution is 2.23. The van der Waals surface area contributed by atoms with Crippen molar-refractivity contribution in [2.45, 2.75) is 20.0 Å². The molecule has 0 atom stereocenters. The molecule has 136 valence electrons. The summed E-state index contributed by atoms with van der Waals surface area (Å²) < 4.78 is 5.18. The number of hydrogen-bond acceptors (Lipinski definition) is 3. The van der Waals surface area contributed by atoms with E-state index in [1.54, 1.807) is 25.3 Å². The fourth-order valence-corrected chi connectivity index (χ4v) is 2.34. The van der Waals surface area contributed by atoms with Gasteiger partial charge < -0.3 is 20.5 Å². The summed E-state index contributed by atoms with van der Waals surface area (Å²) in [6.07, 6.45) is 0. The molecule has 0 saturated carbocycles. The largest absolute Gasteiger partial charge is 0.508 e. The Morgan fingerprint density at radius 1 is 1.16 bits per heavy atom. The third kappa shape index (κ3) is 6.62. The summed E-state index contributed by atoms with van der Waals surface area (Å²) in [5.41, 5.74) is 1.69. The molecule has 0 radical (unpaired) electrons. The van der Waals surface area contributed by atoms with Crippen molar-refractivity contribution in [3.8, 4) is 11.5 Å². The second-order valence-electron chi connectivity index (χ2n) is 5.13. The minimum absolute atomic E-state index is 0. The number of hydrogen-bond donors (Lipinski definition) is 3. The third-order valence-corrected chi connectivity index (χ3v) is 3.81. The first-order valence-electron chi connectivity index (χ1n) is 7.75. The lowest BCUT2D eigenvalue weighted by atomic mass is 10.2. The summed E-state index contributed by atoms with van der Waals surface area (Å²) >= 11 is 6.16. The molecule has 0 aliphatic rings. The van der Waals surface area contributed by atoms with E-state index in [9.17, 15) is 5.11 Å². The summed E-state index contributed by atoms with van der Waals surface area (Å²) in [5, 5.41) is 17.1. The van der Waals surface area contributed by atoms with Gasteiger partial charge in [0.1, 0.15) is 11.5 Å². The summed E-state index contributed by atoms with van der Waals surface area (Å²) in [6, 6.07) is 12.8. The van der Waals surface area contributed by atoms with Gasteiger partial charge in [0.05, 0.1) is 13.7 Å². The molecule has 0 aromatic heterocycles. The predicted molar refractivity (Wildman–Crippen MR) is 113 cm³/mol. The van der Waals surface area contributed by atoms with Crippen LogP contribution in [-0.4, -0.2) is 24.7 Å². The molecule has 3 N–H and O–H groups in total. The average Bonchev–Trinajstić information content (AvgIpc) is 2.60. The quantitative estimate of drug-likeness (QED) is 0.336. The van der Waals surface area contributed by atoms with E-state index < -0.39 is 0 Å². The van der Waals surface area contributed by atoms with Crippen LogP contribution in [0.4, 0.5) is 0 Å². The molecule has 2 aromatic rings. The SMILES string of the molecule is CCNC(=NCc1cc(OC)ccc1O)NCc1ccccc1Cl.I. The first-order valence-corrected chi connectivity index (χ1v) is 8.13. The van der Waals surface area contributed by atoms with Crippen LogP contribution in [0, 0.1) is 0 Å². The Morgan fingerprint density at radius 2 is 1.92 bits per heavy atom. The van der Waals surface area contributed by atoms with E-state index in [2.05, 4.69) is 15.6 Å². The van der Waals surface area contributed by atoms with Crippen LogP contribution in [0.3, 0.4) is 0 Å². The Bertz CT molecular complexity index is 710. The molecule has 7 heteroatoms. The average molecular weight is 476 g/mol. The van der Waals surface area contributed by atoms with Crippen LogP contribution in [-0.2, 0) is 13.1 Å². The highest BCUT2D eigenvalue weighted by molar-refractivity contribution is 14.0. The van der Waals surface area contributed by atoms with E-state index in [1.165, 1.54) is 0 Å². The van der Waals surface area contributed by atoms with Crippen LogP contribution in [0.25, 0.3) is 0 Å². The Kier molecular flexibility index (Phi) is 9.44. The van der Waals surface area contributed by atoms with E-state index in [-0.39, 0.29) is 29.7 Å². The number of rotatable bonds is 6. The monoisotopic (exact) mass is 475 g/mol. The number of nitrogens with one attached hydrogen (secondary N) is 2. The molecule has 5 nitrogen and oxygen atoms in total. The Hall–Kier alpha value is -1.67. The molecule has 0 amide bonds. The van der Waals surface area contributed by atoms with Gasteiger partial charge in [-0.2, -0.15) is 0 Å². The van der Waals surface area contributed by atoms with Gasteiger partial charge in [-0.1, -0.05) is 29.8 Å². The summed E-state index contributed by atoms with van der Waals surface area (Å²) in [5.74, 6) is 1.54. The predicted octanol–water partition coefficient (Wildman–Crippen LogP) is 3.93. The molecule has 0 aliphatic heterocycles. The van der Waals surface area contributed by atoms with Gasteiger partial charge >= 0.3 is 0 Å². The summed E-state index contributed by atoms with van der Waals surface area (Å²) in [4.78, 5) is 4.50. The van der Waals surface area contributed by atoms with Crippen molar-refractivity contribution in [1.82, 2.24) is 10.6 Å². The number of phenols is 1. The van der Waals surface area contributed by atoms with Crippen LogP contribution >= 0.6 is 35.6 Å². The number of nitrogens with zero attached hydrogens (tertiary/aromatic N) is 1. The number of methoxy groups -OCH3 is 1. The summed E-state index contributed by atoms with van der Waals surface area (Å²) in [6.45, 7) is 3.63. The van der Waals surface area contributed by atoms with Crippen LogP contribution in [0.2, 0.25) is 5.02 Å². The molecule has 25 heavy (non-hydrogen) atoms. The van der Waals surface area contributed by atoms with E-state index in [0.717, 1.165) is 12.1 Å². The molecule has 0 bridgehead atoms. The van der Waals surface area contributed by atoms with Gasteiger partial charge in [0.15, 0.2) is 5.96 Å². The van der Waals surface area contributed by atoms with Crippen molar-refractivity contribution < 1.29 is 9.84 Å². The second kappa shape index (κ2) is 11.0. The molecule has 0 unspecified atom stereocenters. The van der Waals surface area contributed by atoms with Crippen molar-refractivity contribution in [3.63, 3.8) is 0 Å². The Morgan fingerprint density at radius 3 is 2.60 bits per heavy atom. The van der Waals surface area contributed by atoms with Crippen LogP contribution in [0.1, 0.15) is 18.1 Å². The Balaban J connectivity index is 0.00000312. The molecule has 2 rings (SSSR count). The number of benzene rings is 2. The van der Waals surface area contributed by atoms with Gasteiger partial charge in [-0.3, -0.25) is 0 Å². The molecular weight excluding hydrogens is 453 g/mol. The van der Waals surface area contributed by atoms with E-state index in [0.29, 0.717) is 35.4 Å². The van der Waals surface area contributed by atoms with Crippen molar-refractivity contribution in [2.75, 3.05) is 13.7 Å². The summed E-state index contributed by atoms with van der Waals surface area (Å²) in [7, 11) is 1.59. The van der Waals surface area contributed by atoms with Gasteiger partial charge in [-0.25, -0.2) is 4.99 Å². The normalized spacial score (nSPS) is 10.8. The molecule has 0 aliphatic carbocycles. The second-order valence-corrected chi connectivity index (χ2v) is 5.54. The molecular formula is C18H23ClIN3O2. The van der Waals surface area contributed by atoms with E-state index in [1.807, 2.05) is 31.2 Å². The number of guanidine groups is 1. The first-order chi connectivity index (χ1) is 11.6. The van der Waals surface area contributed by atoms with Crippen molar-refractivity contribution in [3.05, 3.63) is 58.6 Å². The number of halogens is 2. The molecule has 0 fully saturated rings. The van der Waals surface area contributed by atoms with Gasteiger partial charge in [0.25, 0.3) is 0 Å². The van der Waals surface area contributed by atoms with Gasteiger partial charge in [0, 0.05) is 23.7 Å². The first kappa shape index (κ1) is 21.4. The zero-order valence-corrected chi connectivity index (χ0v) is 17.3. The fourth-order valence-electron chi connectivity index (χ4n) is 2.14. The number of aliphatic imine (C=N–C) groups is 1.